The number of fused-ring (bicyclic) bond motifs is 1. The Kier molecular flexibility index (Phi) is 8.07. The first kappa shape index (κ1) is 26.4. The topological polar surface area (TPSA) is 93.5 Å². The van der Waals surface area contributed by atoms with Crippen LogP contribution in [0, 0.1) is 17.1 Å². The van der Waals surface area contributed by atoms with Gasteiger partial charge in [0, 0.05) is 10.9 Å². The van der Waals surface area contributed by atoms with E-state index in [0.717, 1.165) is 5.56 Å². The van der Waals surface area contributed by atoms with Gasteiger partial charge >= 0.3 is 6.09 Å². The van der Waals surface area contributed by atoms with Gasteiger partial charge in [0.05, 0.1) is 23.6 Å². The molecule has 1 N–H and O–H groups in total. The van der Waals surface area contributed by atoms with Crippen molar-refractivity contribution >= 4 is 16.9 Å². The average molecular weight is 514 g/mol. The van der Waals surface area contributed by atoms with Gasteiger partial charge in [0.1, 0.15) is 30.3 Å². The van der Waals surface area contributed by atoms with Crippen molar-refractivity contribution in [3.8, 4) is 29.0 Å². The molecule has 194 valence electrons. The zero-order valence-electron chi connectivity index (χ0n) is 21.5. The molecule has 1 heterocycles. The second-order valence-corrected chi connectivity index (χ2v) is 9.53. The molecule has 0 saturated heterocycles. The Hall–Kier alpha value is -4.64. The van der Waals surface area contributed by atoms with Crippen molar-refractivity contribution in [2.75, 3.05) is 13.2 Å². The highest BCUT2D eigenvalue weighted by Crippen LogP contribution is 2.40. The van der Waals surface area contributed by atoms with E-state index in [2.05, 4.69) is 11.4 Å². The SMILES string of the molecule is CC(C)(C)OC(=O)NCCOc1c(-c2cccc(C#N)c2)nc(OCc2ccccc2)c2cc(F)ccc12. The summed E-state index contributed by atoms with van der Waals surface area (Å²) < 4.78 is 31.8. The summed E-state index contributed by atoms with van der Waals surface area (Å²) in [5, 5.41) is 13.1. The van der Waals surface area contributed by atoms with Crippen LogP contribution in [0.25, 0.3) is 22.0 Å². The van der Waals surface area contributed by atoms with E-state index >= 15 is 0 Å². The lowest BCUT2D eigenvalue weighted by molar-refractivity contribution is 0.0520. The molecule has 0 aliphatic carbocycles. The van der Waals surface area contributed by atoms with Crippen molar-refractivity contribution < 1.29 is 23.4 Å². The number of aromatic nitrogens is 1. The quantitative estimate of drug-likeness (QED) is 0.274. The van der Waals surface area contributed by atoms with Gasteiger partial charge in [0.25, 0.3) is 0 Å². The van der Waals surface area contributed by atoms with Gasteiger partial charge in [-0.1, -0.05) is 42.5 Å². The lowest BCUT2D eigenvalue weighted by atomic mass is 10.0. The smallest absolute Gasteiger partial charge is 0.407 e. The van der Waals surface area contributed by atoms with Crippen molar-refractivity contribution in [2.24, 2.45) is 0 Å². The molecule has 0 aliphatic rings. The monoisotopic (exact) mass is 513 g/mol. The van der Waals surface area contributed by atoms with Crippen LogP contribution in [0.15, 0.2) is 72.8 Å². The summed E-state index contributed by atoms with van der Waals surface area (Å²) in [4.78, 5) is 16.8. The van der Waals surface area contributed by atoms with Crippen LogP contribution in [0.1, 0.15) is 31.9 Å². The van der Waals surface area contributed by atoms with E-state index < -0.39 is 17.5 Å². The Morgan fingerprint density at radius 2 is 1.79 bits per heavy atom. The third kappa shape index (κ3) is 6.77. The first-order chi connectivity index (χ1) is 18.2. The van der Waals surface area contributed by atoms with Gasteiger partial charge in [-0.05, 0) is 56.7 Å². The largest absolute Gasteiger partial charge is 0.489 e. The number of hydrogen-bond acceptors (Lipinski definition) is 6. The van der Waals surface area contributed by atoms with E-state index in [4.69, 9.17) is 19.2 Å². The Morgan fingerprint density at radius 3 is 2.53 bits per heavy atom. The molecule has 8 heteroatoms. The molecule has 0 spiro atoms. The van der Waals surface area contributed by atoms with Crippen molar-refractivity contribution in [1.29, 1.82) is 5.26 Å². The highest BCUT2D eigenvalue weighted by Gasteiger charge is 2.20. The summed E-state index contributed by atoms with van der Waals surface area (Å²) in [5.74, 6) is 0.175. The number of carbonyl (C=O) groups excluding carboxylic acids is 1. The Morgan fingerprint density at radius 1 is 1.00 bits per heavy atom. The predicted octanol–water partition coefficient (Wildman–Crippen LogP) is 6.40. The number of benzene rings is 3. The molecular formula is C30H28FN3O4. The van der Waals surface area contributed by atoms with Gasteiger partial charge in [0.15, 0.2) is 5.75 Å². The maximum Gasteiger partial charge on any atom is 0.407 e. The molecule has 1 amide bonds. The van der Waals surface area contributed by atoms with Gasteiger partial charge in [-0.15, -0.1) is 0 Å². The number of nitrogens with zero attached hydrogens (tertiary/aromatic N) is 2. The fraction of sp³-hybridized carbons (Fsp3) is 0.233. The minimum Gasteiger partial charge on any atom is -0.489 e. The molecule has 0 radical (unpaired) electrons. The third-order valence-corrected chi connectivity index (χ3v) is 5.39. The van der Waals surface area contributed by atoms with E-state index in [0.29, 0.717) is 33.3 Å². The molecule has 0 fully saturated rings. The van der Waals surface area contributed by atoms with Crippen LogP contribution in [0.5, 0.6) is 11.6 Å². The second kappa shape index (κ2) is 11.6. The van der Waals surface area contributed by atoms with Gasteiger partial charge in [0.2, 0.25) is 5.88 Å². The van der Waals surface area contributed by atoms with Crippen LogP contribution in [0.2, 0.25) is 0 Å². The van der Waals surface area contributed by atoms with E-state index in [-0.39, 0.29) is 25.6 Å². The number of nitrogens with one attached hydrogen (secondary N) is 1. The third-order valence-electron chi connectivity index (χ3n) is 5.39. The fourth-order valence-electron chi connectivity index (χ4n) is 3.77. The molecule has 1 aromatic heterocycles. The molecule has 4 rings (SSSR count). The molecule has 0 saturated carbocycles. The summed E-state index contributed by atoms with van der Waals surface area (Å²) in [6.45, 7) is 5.84. The summed E-state index contributed by atoms with van der Waals surface area (Å²) in [7, 11) is 0. The van der Waals surface area contributed by atoms with Crippen LogP contribution >= 0.6 is 0 Å². The van der Waals surface area contributed by atoms with Gasteiger partial charge in [-0.3, -0.25) is 0 Å². The Labute approximate surface area is 220 Å². The minimum atomic E-state index is -0.621. The van der Waals surface area contributed by atoms with E-state index in [9.17, 15) is 14.4 Å². The number of hydrogen-bond donors (Lipinski definition) is 1. The van der Waals surface area contributed by atoms with E-state index in [1.165, 1.54) is 12.1 Å². The highest BCUT2D eigenvalue weighted by molar-refractivity contribution is 5.97. The van der Waals surface area contributed by atoms with Crippen molar-refractivity contribution in [3.63, 3.8) is 0 Å². The summed E-state index contributed by atoms with van der Waals surface area (Å²) in [6.07, 6.45) is -0.558. The lowest BCUT2D eigenvalue weighted by Gasteiger charge is -2.20. The number of pyridine rings is 1. The molecule has 7 nitrogen and oxygen atoms in total. The van der Waals surface area contributed by atoms with Crippen LogP contribution < -0.4 is 14.8 Å². The maximum atomic E-state index is 14.3. The summed E-state index contributed by atoms with van der Waals surface area (Å²) in [6, 6.07) is 23.0. The van der Waals surface area contributed by atoms with Crippen LogP contribution in [-0.2, 0) is 11.3 Å². The number of halogens is 1. The number of nitriles is 1. The van der Waals surface area contributed by atoms with E-state index in [1.54, 1.807) is 45.0 Å². The standard InChI is InChI=1S/C30H28FN3O4/c1-30(2,3)38-29(35)33-14-15-36-27-24-13-12-23(31)17-25(24)28(37-19-20-8-5-4-6-9-20)34-26(27)22-11-7-10-21(16-22)18-32/h4-13,16-17H,14-15,19H2,1-3H3,(H,33,35). The fourth-order valence-corrected chi connectivity index (χ4v) is 3.77. The Bertz CT molecular complexity index is 1480. The molecule has 0 bridgehead atoms. The van der Waals surface area contributed by atoms with Crippen molar-refractivity contribution in [3.05, 3.63) is 89.7 Å². The molecular weight excluding hydrogens is 485 g/mol. The summed E-state index contributed by atoms with van der Waals surface area (Å²) >= 11 is 0. The summed E-state index contributed by atoms with van der Waals surface area (Å²) in [5.41, 5.74) is 1.83. The van der Waals surface area contributed by atoms with Gasteiger partial charge in [-0.25, -0.2) is 14.2 Å². The van der Waals surface area contributed by atoms with Crippen LogP contribution in [-0.4, -0.2) is 29.8 Å². The molecule has 0 unspecified atom stereocenters. The number of alkyl carbamates (subject to hydrolysis) is 1. The number of carbonyl (C=O) groups is 1. The van der Waals surface area contributed by atoms with Crippen LogP contribution in [0.3, 0.4) is 0 Å². The highest BCUT2D eigenvalue weighted by atomic mass is 19.1. The zero-order valence-corrected chi connectivity index (χ0v) is 21.5. The first-order valence-electron chi connectivity index (χ1n) is 12.1. The van der Waals surface area contributed by atoms with Gasteiger partial charge < -0.3 is 19.5 Å². The minimum absolute atomic E-state index is 0.0998. The Balaban J connectivity index is 1.71. The normalized spacial score (nSPS) is 11.0. The number of ether oxygens (including phenoxy) is 3. The maximum absolute atomic E-state index is 14.3. The first-order valence-corrected chi connectivity index (χ1v) is 12.1. The van der Waals surface area contributed by atoms with E-state index in [1.807, 2.05) is 36.4 Å². The van der Waals surface area contributed by atoms with Crippen LogP contribution in [0.4, 0.5) is 9.18 Å². The second-order valence-electron chi connectivity index (χ2n) is 9.53. The lowest BCUT2D eigenvalue weighted by Crippen LogP contribution is -2.34. The molecule has 3 aromatic carbocycles. The average Bonchev–Trinajstić information content (AvgIpc) is 2.89. The number of amides is 1. The zero-order chi connectivity index (χ0) is 27.1. The van der Waals surface area contributed by atoms with Crippen molar-refractivity contribution in [1.82, 2.24) is 10.3 Å². The molecule has 38 heavy (non-hydrogen) atoms. The van der Waals surface area contributed by atoms with Crippen molar-refractivity contribution in [2.45, 2.75) is 33.0 Å². The molecule has 4 aromatic rings. The predicted molar refractivity (Wildman–Crippen MR) is 142 cm³/mol. The number of rotatable bonds is 8. The molecule has 0 atom stereocenters. The van der Waals surface area contributed by atoms with Gasteiger partial charge in [-0.2, -0.15) is 5.26 Å². The molecule has 0 aliphatic heterocycles.